The van der Waals surface area contributed by atoms with E-state index in [4.69, 9.17) is 0 Å². The fourth-order valence-electron chi connectivity index (χ4n) is 1.49. The van der Waals surface area contributed by atoms with E-state index in [0.717, 1.165) is 6.42 Å². The third-order valence-electron chi connectivity index (χ3n) is 2.67. The maximum absolute atomic E-state index is 12.0. The molecule has 0 radical (unpaired) electrons. The third-order valence-corrected chi connectivity index (χ3v) is 4.69. The second-order valence-corrected chi connectivity index (χ2v) is 6.55. The van der Waals surface area contributed by atoms with Gasteiger partial charge in [0.2, 0.25) is 5.91 Å². The van der Waals surface area contributed by atoms with Crippen LogP contribution in [0.3, 0.4) is 0 Å². The second-order valence-electron chi connectivity index (χ2n) is 4.23. The number of nitrogens with one attached hydrogen (secondary N) is 1. The number of benzene rings is 1. The zero-order valence-electron chi connectivity index (χ0n) is 10.7. The molecule has 100 valence electrons. The summed E-state index contributed by atoms with van der Waals surface area (Å²) in [7, 11) is -3.46. The molecule has 4 nitrogen and oxygen atoms in total. The van der Waals surface area contributed by atoms with Crippen LogP contribution >= 0.6 is 0 Å². The summed E-state index contributed by atoms with van der Waals surface area (Å²) in [6.45, 7) is 3.86. The van der Waals surface area contributed by atoms with E-state index in [9.17, 15) is 13.2 Å². The summed E-state index contributed by atoms with van der Waals surface area (Å²) in [5.41, 5.74) is 0.702. The van der Waals surface area contributed by atoms with Gasteiger partial charge in [0.15, 0.2) is 9.84 Å². The fraction of sp³-hybridized carbons (Fsp3) is 0.462. The molecule has 0 bridgehead atoms. The van der Waals surface area contributed by atoms with Gasteiger partial charge in [-0.25, -0.2) is 8.42 Å². The fourth-order valence-corrected chi connectivity index (χ4v) is 2.80. The first-order chi connectivity index (χ1) is 8.47. The highest BCUT2D eigenvalue weighted by Gasteiger charge is 2.27. The molecule has 5 heteroatoms. The largest absolute Gasteiger partial charge is 0.355 e. The van der Waals surface area contributed by atoms with Gasteiger partial charge in [0.1, 0.15) is 5.25 Å². The Morgan fingerprint density at radius 2 is 1.89 bits per heavy atom. The topological polar surface area (TPSA) is 63.2 Å². The Morgan fingerprint density at radius 1 is 1.28 bits per heavy atom. The summed E-state index contributed by atoms with van der Waals surface area (Å²) in [5, 5.41) is 1.60. The SMILES string of the molecule is CCCNC(=O)[C@@H](C)S(=O)(=O)Cc1ccccc1. The van der Waals surface area contributed by atoms with Gasteiger partial charge in [0.05, 0.1) is 5.75 Å². The van der Waals surface area contributed by atoms with Crippen molar-refractivity contribution >= 4 is 15.7 Å². The summed E-state index contributed by atoms with van der Waals surface area (Å²) in [6.07, 6.45) is 0.789. The van der Waals surface area contributed by atoms with Crippen molar-refractivity contribution < 1.29 is 13.2 Å². The first-order valence-corrected chi connectivity index (χ1v) is 7.72. The predicted octanol–water partition coefficient (Wildman–Crippen LogP) is 1.52. The summed E-state index contributed by atoms with van der Waals surface area (Å²) in [5.74, 6) is -0.526. The lowest BCUT2D eigenvalue weighted by molar-refractivity contribution is -0.120. The highest BCUT2D eigenvalue weighted by atomic mass is 32.2. The number of carbonyl (C=O) groups excluding carboxylic acids is 1. The van der Waals surface area contributed by atoms with Crippen molar-refractivity contribution in [2.45, 2.75) is 31.3 Å². The molecule has 0 saturated carbocycles. The van der Waals surface area contributed by atoms with Crippen LogP contribution in [0, 0.1) is 0 Å². The van der Waals surface area contributed by atoms with Gasteiger partial charge in [-0.1, -0.05) is 37.3 Å². The van der Waals surface area contributed by atoms with Crippen LogP contribution in [0.1, 0.15) is 25.8 Å². The molecule has 0 aliphatic rings. The van der Waals surface area contributed by atoms with E-state index in [1.807, 2.05) is 13.0 Å². The monoisotopic (exact) mass is 269 g/mol. The molecule has 0 spiro atoms. The maximum Gasteiger partial charge on any atom is 0.238 e. The summed E-state index contributed by atoms with van der Waals surface area (Å²) >= 11 is 0. The van der Waals surface area contributed by atoms with Gasteiger partial charge in [0, 0.05) is 6.54 Å². The molecular formula is C13H19NO3S. The van der Waals surface area contributed by atoms with Crippen molar-refractivity contribution in [2.75, 3.05) is 6.54 Å². The normalized spacial score (nSPS) is 13.0. The molecule has 0 aliphatic heterocycles. The third kappa shape index (κ3) is 4.14. The second kappa shape index (κ2) is 6.54. The van der Waals surface area contributed by atoms with E-state index in [1.54, 1.807) is 24.3 Å². The standard InChI is InChI=1S/C13H19NO3S/c1-3-9-14-13(15)11(2)18(16,17)10-12-7-5-4-6-8-12/h4-8,11H,3,9-10H2,1-2H3,(H,14,15)/t11-/m1/s1. The molecule has 0 saturated heterocycles. The average molecular weight is 269 g/mol. The minimum atomic E-state index is -3.46. The number of hydrogen-bond acceptors (Lipinski definition) is 3. The van der Waals surface area contributed by atoms with Crippen LogP contribution in [0.5, 0.6) is 0 Å². The molecule has 1 aromatic carbocycles. The number of amides is 1. The van der Waals surface area contributed by atoms with Gasteiger partial charge in [0.25, 0.3) is 0 Å². The molecule has 1 N–H and O–H groups in total. The highest BCUT2D eigenvalue weighted by Crippen LogP contribution is 2.11. The van der Waals surface area contributed by atoms with E-state index < -0.39 is 21.0 Å². The van der Waals surface area contributed by atoms with Crippen LogP contribution in [0.2, 0.25) is 0 Å². The van der Waals surface area contributed by atoms with Crippen LogP contribution in [0.4, 0.5) is 0 Å². The van der Waals surface area contributed by atoms with Crippen LogP contribution in [0.25, 0.3) is 0 Å². The number of hydrogen-bond donors (Lipinski definition) is 1. The van der Waals surface area contributed by atoms with Crippen molar-refractivity contribution in [3.8, 4) is 0 Å². The van der Waals surface area contributed by atoms with Gasteiger partial charge in [-0.05, 0) is 18.9 Å². The Labute approximate surface area is 108 Å². The Balaban J connectivity index is 2.71. The van der Waals surface area contributed by atoms with Crippen LogP contribution in [0.15, 0.2) is 30.3 Å². The number of sulfone groups is 1. The molecule has 1 amide bonds. The van der Waals surface area contributed by atoms with Gasteiger partial charge < -0.3 is 5.32 Å². The van der Waals surface area contributed by atoms with Crippen molar-refractivity contribution in [3.05, 3.63) is 35.9 Å². The lowest BCUT2D eigenvalue weighted by Gasteiger charge is -2.12. The first kappa shape index (κ1) is 14.7. The average Bonchev–Trinajstić information content (AvgIpc) is 2.35. The van der Waals surface area contributed by atoms with Gasteiger partial charge in [-0.2, -0.15) is 0 Å². The molecule has 0 aromatic heterocycles. The molecule has 0 heterocycles. The van der Waals surface area contributed by atoms with Crippen LogP contribution < -0.4 is 5.32 Å². The Morgan fingerprint density at radius 3 is 2.44 bits per heavy atom. The van der Waals surface area contributed by atoms with Crippen molar-refractivity contribution in [2.24, 2.45) is 0 Å². The summed E-state index contributed by atoms with van der Waals surface area (Å²) < 4.78 is 24.1. The molecule has 1 atom stereocenters. The molecule has 0 fully saturated rings. The van der Waals surface area contributed by atoms with Crippen molar-refractivity contribution in [1.82, 2.24) is 5.32 Å². The summed E-state index contributed by atoms with van der Waals surface area (Å²) in [6, 6.07) is 8.88. The minimum Gasteiger partial charge on any atom is -0.355 e. The van der Waals surface area contributed by atoms with Gasteiger partial charge in [-0.15, -0.1) is 0 Å². The lowest BCUT2D eigenvalue weighted by Crippen LogP contribution is -2.38. The number of carbonyl (C=O) groups is 1. The van der Waals surface area contributed by atoms with Gasteiger partial charge in [-0.3, -0.25) is 4.79 Å². The van der Waals surface area contributed by atoms with E-state index in [0.29, 0.717) is 12.1 Å². The van der Waals surface area contributed by atoms with Crippen LogP contribution in [-0.2, 0) is 20.4 Å². The van der Waals surface area contributed by atoms with E-state index in [1.165, 1.54) is 6.92 Å². The minimum absolute atomic E-state index is 0.103. The molecular weight excluding hydrogens is 250 g/mol. The smallest absolute Gasteiger partial charge is 0.238 e. The first-order valence-electron chi connectivity index (χ1n) is 6.00. The van der Waals surface area contributed by atoms with E-state index >= 15 is 0 Å². The Bertz CT molecular complexity index is 482. The molecule has 0 aliphatic carbocycles. The van der Waals surface area contributed by atoms with Crippen molar-refractivity contribution in [1.29, 1.82) is 0 Å². The van der Waals surface area contributed by atoms with Gasteiger partial charge >= 0.3 is 0 Å². The van der Waals surface area contributed by atoms with Crippen molar-refractivity contribution in [3.63, 3.8) is 0 Å². The highest BCUT2D eigenvalue weighted by molar-refractivity contribution is 7.92. The lowest BCUT2D eigenvalue weighted by atomic mass is 10.2. The zero-order chi connectivity index (χ0) is 13.6. The Hall–Kier alpha value is -1.36. The molecule has 1 rings (SSSR count). The quantitative estimate of drug-likeness (QED) is 0.851. The number of rotatable bonds is 6. The summed E-state index contributed by atoms with van der Waals surface area (Å²) in [4.78, 5) is 11.6. The zero-order valence-corrected chi connectivity index (χ0v) is 11.5. The molecule has 18 heavy (non-hydrogen) atoms. The molecule has 1 aromatic rings. The maximum atomic E-state index is 12.0. The van der Waals surface area contributed by atoms with Crippen LogP contribution in [-0.4, -0.2) is 26.1 Å². The van der Waals surface area contributed by atoms with E-state index in [-0.39, 0.29) is 5.75 Å². The predicted molar refractivity (Wildman–Crippen MR) is 71.8 cm³/mol. The van der Waals surface area contributed by atoms with E-state index in [2.05, 4.69) is 5.32 Å². The molecule has 0 unspecified atom stereocenters. The Kier molecular flexibility index (Phi) is 5.34.